The molecule has 6 nitrogen and oxygen atoms in total. The van der Waals surface area contributed by atoms with Gasteiger partial charge in [0.1, 0.15) is 5.82 Å². The number of terminal acetylenes is 1. The number of rotatable bonds is 5. The van der Waals surface area contributed by atoms with Crippen molar-refractivity contribution in [3.05, 3.63) is 22.7 Å². The number of nitrogen functional groups attached to an aromatic ring is 1. The smallest absolute Gasteiger partial charge is 0.349 e. The van der Waals surface area contributed by atoms with Gasteiger partial charge >= 0.3 is 5.69 Å². The first kappa shape index (κ1) is 15.2. The van der Waals surface area contributed by atoms with Crippen molar-refractivity contribution in [1.29, 1.82) is 0 Å². The van der Waals surface area contributed by atoms with Crippen LogP contribution in [0, 0.1) is 17.8 Å². The lowest BCUT2D eigenvalue weighted by Crippen LogP contribution is -2.44. The minimum atomic E-state index is -1.08. The highest BCUT2D eigenvalue weighted by molar-refractivity contribution is 5.23. The molecule has 0 bridgehead atoms. The average Bonchev–Trinajstić information content (AvgIpc) is 2.40. The topological polar surface area (TPSA) is 101 Å². The third kappa shape index (κ3) is 2.78. The molecule has 2 unspecified atom stereocenters. The highest BCUT2D eigenvalue weighted by Crippen LogP contribution is 2.31. The van der Waals surface area contributed by atoms with Crippen LogP contribution in [0.2, 0.25) is 0 Å². The van der Waals surface area contributed by atoms with Crippen molar-refractivity contribution in [2.24, 2.45) is 5.41 Å². The molecule has 0 amide bonds. The number of aliphatic hydroxyl groups is 2. The molecule has 4 N–H and O–H groups in total. The number of nitrogens with two attached hydrogens (primary N) is 1. The van der Waals surface area contributed by atoms with Crippen LogP contribution in [0.5, 0.6) is 0 Å². The molecule has 0 spiro atoms. The van der Waals surface area contributed by atoms with Gasteiger partial charge in [0.05, 0.1) is 24.2 Å². The normalized spacial score (nSPS) is 17.2. The van der Waals surface area contributed by atoms with Gasteiger partial charge in [-0.2, -0.15) is 4.98 Å². The number of hydrogen-bond acceptors (Lipinski definition) is 5. The van der Waals surface area contributed by atoms with Crippen molar-refractivity contribution >= 4 is 5.82 Å². The van der Waals surface area contributed by atoms with E-state index in [1.165, 1.54) is 16.8 Å². The Morgan fingerprint density at radius 1 is 1.68 bits per heavy atom. The molecule has 0 aliphatic heterocycles. The van der Waals surface area contributed by atoms with Crippen LogP contribution in [0.15, 0.2) is 17.1 Å². The van der Waals surface area contributed by atoms with E-state index >= 15 is 0 Å². The highest BCUT2D eigenvalue weighted by Gasteiger charge is 2.38. The largest absolute Gasteiger partial charge is 0.395 e. The first-order valence-electron chi connectivity index (χ1n) is 6.03. The lowest BCUT2D eigenvalue weighted by Gasteiger charge is -2.34. The fourth-order valence-corrected chi connectivity index (χ4v) is 2.00. The molecule has 1 heterocycles. The van der Waals surface area contributed by atoms with E-state index in [1.54, 1.807) is 13.8 Å². The summed E-state index contributed by atoms with van der Waals surface area (Å²) in [6.45, 7) is 3.06. The zero-order valence-electron chi connectivity index (χ0n) is 11.1. The summed E-state index contributed by atoms with van der Waals surface area (Å²) in [7, 11) is 0. The van der Waals surface area contributed by atoms with Gasteiger partial charge < -0.3 is 15.9 Å². The van der Waals surface area contributed by atoms with E-state index in [9.17, 15) is 15.0 Å². The zero-order valence-corrected chi connectivity index (χ0v) is 11.1. The van der Waals surface area contributed by atoms with E-state index in [2.05, 4.69) is 10.9 Å². The Balaban J connectivity index is 3.16. The van der Waals surface area contributed by atoms with Gasteiger partial charge in [0.15, 0.2) is 0 Å². The monoisotopic (exact) mass is 265 g/mol. The molecule has 6 heteroatoms. The van der Waals surface area contributed by atoms with Crippen molar-refractivity contribution in [3.8, 4) is 12.3 Å². The Labute approximate surface area is 111 Å². The molecule has 0 aliphatic rings. The maximum Gasteiger partial charge on any atom is 0.349 e. The lowest BCUT2D eigenvalue weighted by molar-refractivity contribution is -0.0111. The van der Waals surface area contributed by atoms with E-state index in [4.69, 9.17) is 12.2 Å². The molecular formula is C13H19N3O3. The molecule has 1 aromatic heterocycles. The van der Waals surface area contributed by atoms with Gasteiger partial charge in [-0.1, -0.05) is 12.8 Å². The molecule has 19 heavy (non-hydrogen) atoms. The second-order valence-corrected chi connectivity index (χ2v) is 4.54. The predicted molar refractivity (Wildman–Crippen MR) is 72.3 cm³/mol. The summed E-state index contributed by atoms with van der Waals surface area (Å²) in [5.41, 5.74) is 3.76. The van der Waals surface area contributed by atoms with Crippen LogP contribution in [0.25, 0.3) is 0 Å². The number of aliphatic hydroxyl groups excluding tert-OH is 2. The van der Waals surface area contributed by atoms with Gasteiger partial charge in [0.2, 0.25) is 0 Å². The molecule has 0 fully saturated rings. The van der Waals surface area contributed by atoms with Crippen LogP contribution in [0.4, 0.5) is 5.82 Å². The minimum absolute atomic E-state index is 0.115. The zero-order chi connectivity index (χ0) is 14.6. The Morgan fingerprint density at radius 2 is 2.32 bits per heavy atom. The fourth-order valence-electron chi connectivity index (χ4n) is 2.00. The summed E-state index contributed by atoms with van der Waals surface area (Å²) in [5, 5.41) is 19.8. The van der Waals surface area contributed by atoms with Crippen LogP contribution in [0.3, 0.4) is 0 Å². The van der Waals surface area contributed by atoms with Crippen molar-refractivity contribution in [3.63, 3.8) is 0 Å². The van der Waals surface area contributed by atoms with Crippen molar-refractivity contribution in [2.45, 2.75) is 32.4 Å². The van der Waals surface area contributed by atoms with Crippen LogP contribution < -0.4 is 11.4 Å². The van der Waals surface area contributed by atoms with Gasteiger partial charge in [-0.15, -0.1) is 6.42 Å². The SMILES string of the molecule is C#CC(CC)(CO)[C@@H](O)C(C)n1ccc(N)nc1=O. The molecule has 0 aliphatic carbocycles. The van der Waals surface area contributed by atoms with E-state index in [1.807, 2.05) is 0 Å². The van der Waals surface area contributed by atoms with Crippen molar-refractivity contribution < 1.29 is 10.2 Å². The number of anilines is 1. The molecule has 1 aromatic rings. The quantitative estimate of drug-likeness (QED) is 0.638. The number of aromatic nitrogens is 2. The molecular weight excluding hydrogens is 246 g/mol. The molecule has 0 aromatic carbocycles. The highest BCUT2D eigenvalue weighted by atomic mass is 16.3. The maximum absolute atomic E-state index is 11.7. The standard InChI is InChI=1S/C13H19N3O3/c1-4-13(5-2,8-17)11(18)9(3)16-7-6-10(14)15-12(16)19/h1,6-7,9,11,17-18H,5,8H2,2-3H3,(H2,14,15,19)/t9?,11-,13?/m0/s1. The van der Waals surface area contributed by atoms with Gasteiger partial charge in [-0.3, -0.25) is 4.57 Å². The average molecular weight is 265 g/mol. The van der Waals surface area contributed by atoms with Crippen LogP contribution in [-0.2, 0) is 0 Å². The summed E-state index contributed by atoms with van der Waals surface area (Å²) < 4.78 is 1.25. The van der Waals surface area contributed by atoms with Gasteiger partial charge in [0.25, 0.3) is 0 Å². The molecule has 0 saturated heterocycles. The number of nitrogens with zero attached hydrogens (tertiary/aromatic N) is 2. The summed E-state index contributed by atoms with van der Waals surface area (Å²) in [6.07, 6.45) is 6.18. The van der Waals surface area contributed by atoms with Crippen molar-refractivity contribution in [1.82, 2.24) is 9.55 Å². The maximum atomic E-state index is 11.7. The minimum Gasteiger partial charge on any atom is -0.395 e. The molecule has 0 saturated carbocycles. The second kappa shape index (κ2) is 5.87. The third-order valence-corrected chi connectivity index (χ3v) is 3.51. The summed E-state index contributed by atoms with van der Waals surface area (Å²) >= 11 is 0. The van der Waals surface area contributed by atoms with Gasteiger partial charge in [-0.05, 0) is 19.4 Å². The molecule has 104 valence electrons. The van der Waals surface area contributed by atoms with Crippen LogP contribution >= 0.6 is 0 Å². The second-order valence-electron chi connectivity index (χ2n) is 4.54. The Kier molecular flexibility index (Phi) is 4.70. The Hall–Kier alpha value is -1.84. The van der Waals surface area contributed by atoms with Gasteiger partial charge in [-0.25, -0.2) is 4.79 Å². The molecule has 0 radical (unpaired) electrons. The van der Waals surface area contributed by atoms with Crippen LogP contribution in [-0.4, -0.2) is 32.5 Å². The van der Waals surface area contributed by atoms with E-state index < -0.39 is 23.3 Å². The Morgan fingerprint density at radius 3 is 2.74 bits per heavy atom. The first-order valence-corrected chi connectivity index (χ1v) is 6.03. The summed E-state index contributed by atoms with van der Waals surface area (Å²) in [4.78, 5) is 15.3. The summed E-state index contributed by atoms with van der Waals surface area (Å²) in [5.74, 6) is 2.55. The van der Waals surface area contributed by atoms with Crippen molar-refractivity contribution in [2.75, 3.05) is 12.3 Å². The van der Waals surface area contributed by atoms with E-state index in [0.717, 1.165) is 0 Å². The summed E-state index contributed by atoms with van der Waals surface area (Å²) in [6, 6.07) is 0.844. The van der Waals surface area contributed by atoms with E-state index in [0.29, 0.717) is 6.42 Å². The molecule has 1 rings (SSSR count). The first-order chi connectivity index (χ1) is 8.91. The van der Waals surface area contributed by atoms with Crippen LogP contribution in [0.1, 0.15) is 26.3 Å². The predicted octanol–water partition coefficient (Wildman–Crippen LogP) is -0.231. The lowest BCUT2D eigenvalue weighted by atomic mass is 9.78. The fraction of sp³-hybridized carbons (Fsp3) is 0.538. The molecule has 3 atom stereocenters. The van der Waals surface area contributed by atoms with E-state index in [-0.39, 0.29) is 12.4 Å². The number of hydrogen-bond donors (Lipinski definition) is 3. The Bertz CT molecular complexity index is 529. The van der Waals surface area contributed by atoms with Gasteiger partial charge in [0, 0.05) is 6.20 Å². The third-order valence-electron chi connectivity index (χ3n) is 3.51.